The van der Waals surface area contributed by atoms with E-state index in [1.54, 1.807) is 18.5 Å². The molecule has 0 saturated heterocycles. The summed E-state index contributed by atoms with van der Waals surface area (Å²) < 4.78 is 6.91. The third-order valence-corrected chi connectivity index (χ3v) is 2.94. The van der Waals surface area contributed by atoms with Crippen molar-refractivity contribution in [3.05, 3.63) is 33.7 Å². The third kappa shape index (κ3) is 2.90. The number of halogens is 2. The number of anilines is 1. The third-order valence-electron chi connectivity index (χ3n) is 1.79. The van der Waals surface area contributed by atoms with E-state index in [0.717, 1.165) is 4.47 Å². The molecule has 0 aromatic carbocycles. The largest absolute Gasteiger partial charge is 0.436 e. The molecule has 0 radical (unpaired) electrons. The highest BCUT2D eigenvalue weighted by atomic mass is 79.9. The molecule has 0 bridgehead atoms. The number of nitrogen functional groups attached to an aromatic ring is 1. The van der Waals surface area contributed by atoms with E-state index >= 15 is 0 Å². The Morgan fingerprint density at radius 1 is 1.24 bits per heavy atom. The van der Waals surface area contributed by atoms with Crippen molar-refractivity contribution in [1.29, 1.82) is 0 Å². The summed E-state index contributed by atoms with van der Waals surface area (Å²) in [6.07, 6.45) is 4.59. The van der Waals surface area contributed by atoms with Crippen LogP contribution >= 0.6 is 31.9 Å². The fourth-order valence-corrected chi connectivity index (χ4v) is 1.83. The minimum atomic E-state index is 0.354. The zero-order chi connectivity index (χ0) is 12.3. The van der Waals surface area contributed by atoms with E-state index in [9.17, 15) is 0 Å². The predicted molar refractivity (Wildman–Crippen MR) is 69.6 cm³/mol. The van der Waals surface area contributed by atoms with Crippen LogP contribution in [0.25, 0.3) is 0 Å². The Morgan fingerprint density at radius 3 is 2.76 bits per heavy atom. The number of pyridine rings is 1. The van der Waals surface area contributed by atoms with Crippen LogP contribution in [0.2, 0.25) is 0 Å². The maximum atomic E-state index is 5.55. The first-order valence-electron chi connectivity index (χ1n) is 4.46. The normalized spacial score (nSPS) is 10.1. The smallest absolute Gasteiger partial charge is 0.239 e. The van der Waals surface area contributed by atoms with E-state index < -0.39 is 0 Å². The van der Waals surface area contributed by atoms with Gasteiger partial charge in [-0.3, -0.25) is 4.98 Å². The van der Waals surface area contributed by atoms with Crippen molar-refractivity contribution < 1.29 is 4.74 Å². The molecule has 6 nitrogen and oxygen atoms in total. The van der Waals surface area contributed by atoms with Crippen molar-refractivity contribution in [2.24, 2.45) is 5.84 Å². The second-order valence-corrected chi connectivity index (χ2v) is 4.64. The van der Waals surface area contributed by atoms with Gasteiger partial charge in [-0.1, -0.05) is 0 Å². The summed E-state index contributed by atoms with van der Waals surface area (Å²) in [7, 11) is 0. The number of rotatable bonds is 3. The summed E-state index contributed by atoms with van der Waals surface area (Å²) in [4.78, 5) is 11.9. The van der Waals surface area contributed by atoms with Gasteiger partial charge < -0.3 is 10.2 Å². The maximum absolute atomic E-state index is 5.55. The van der Waals surface area contributed by atoms with Gasteiger partial charge in [0, 0.05) is 10.7 Å². The average Bonchev–Trinajstić information content (AvgIpc) is 2.32. The number of aromatic nitrogens is 3. The van der Waals surface area contributed by atoms with Crippen LogP contribution in [-0.2, 0) is 0 Å². The van der Waals surface area contributed by atoms with Crippen LogP contribution in [0.1, 0.15) is 0 Å². The summed E-state index contributed by atoms with van der Waals surface area (Å²) in [5.41, 5.74) is 2.43. The standard InChI is InChI=1S/C9H7Br2N5O/c10-5-1-6(3-13-2-5)17-9-7(11)8(16-12)14-4-15-9/h1-4H,12H2,(H,14,15,16). The fourth-order valence-electron chi connectivity index (χ4n) is 1.09. The van der Waals surface area contributed by atoms with E-state index in [-0.39, 0.29) is 0 Å². The van der Waals surface area contributed by atoms with Gasteiger partial charge in [-0.2, -0.15) is 0 Å². The predicted octanol–water partition coefficient (Wildman–Crippen LogP) is 2.47. The van der Waals surface area contributed by atoms with Gasteiger partial charge in [0.05, 0.1) is 6.20 Å². The molecule has 88 valence electrons. The van der Waals surface area contributed by atoms with Crippen molar-refractivity contribution in [2.75, 3.05) is 5.43 Å². The van der Waals surface area contributed by atoms with Crippen molar-refractivity contribution in [1.82, 2.24) is 15.0 Å². The van der Waals surface area contributed by atoms with Gasteiger partial charge in [0.1, 0.15) is 16.5 Å². The number of nitrogens with one attached hydrogen (secondary N) is 1. The lowest BCUT2D eigenvalue weighted by Crippen LogP contribution is -2.09. The average molecular weight is 361 g/mol. The Morgan fingerprint density at radius 2 is 2.06 bits per heavy atom. The first-order chi connectivity index (χ1) is 8.20. The molecule has 0 amide bonds. The molecule has 0 aliphatic carbocycles. The number of hydrogen-bond acceptors (Lipinski definition) is 6. The van der Waals surface area contributed by atoms with Crippen molar-refractivity contribution in [3.8, 4) is 11.6 Å². The Balaban J connectivity index is 2.30. The van der Waals surface area contributed by atoms with Crippen LogP contribution in [0.3, 0.4) is 0 Å². The lowest BCUT2D eigenvalue weighted by Gasteiger charge is -2.08. The minimum Gasteiger partial charge on any atom is -0.436 e. The van der Waals surface area contributed by atoms with E-state index in [1.807, 2.05) is 0 Å². The van der Waals surface area contributed by atoms with Crippen LogP contribution < -0.4 is 16.0 Å². The highest BCUT2D eigenvalue weighted by Gasteiger charge is 2.10. The Labute approximate surface area is 114 Å². The molecule has 2 rings (SSSR count). The SMILES string of the molecule is NNc1ncnc(Oc2cncc(Br)c2)c1Br. The van der Waals surface area contributed by atoms with E-state index in [0.29, 0.717) is 21.9 Å². The number of hydrazine groups is 1. The maximum Gasteiger partial charge on any atom is 0.239 e. The minimum absolute atomic E-state index is 0.354. The highest BCUT2D eigenvalue weighted by Crippen LogP contribution is 2.31. The molecular formula is C9H7Br2N5O. The van der Waals surface area contributed by atoms with Crippen molar-refractivity contribution in [2.45, 2.75) is 0 Å². The van der Waals surface area contributed by atoms with Crippen molar-refractivity contribution in [3.63, 3.8) is 0 Å². The number of ether oxygens (including phenoxy) is 1. The van der Waals surface area contributed by atoms with Crippen LogP contribution in [-0.4, -0.2) is 15.0 Å². The molecule has 2 aromatic rings. The topological polar surface area (TPSA) is 86.0 Å². The molecule has 0 spiro atoms. The molecule has 0 unspecified atom stereocenters. The highest BCUT2D eigenvalue weighted by molar-refractivity contribution is 9.11. The molecule has 2 aromatic heterocycles. The van der Waals surface area contributed by atoms with Gasteiger partial charge in [0.2, 0.25) is 5.88 Å². The van der Waals surface area contributed by atoms with Gasteiger partial charge >= 0.3 is 0 Å². The Hall–Kier alpha value is -1.25. The monoisotopic (exact) mass is 359 g/mol. The molecule has 17 heavy (non-hydrogen) atoms. The summed E-state index contributed by atoms with van der Waals surface area (Å²) >= 11 is 6.60. The number of nitrogens with two attached hydrogens (primary N) is 1. The molecule has 8 heteroatoms. The van der Waals surface area contributed by atoms with Gasteiger partial charge in [0.25, 0.3) is 0 Å². The fraction of sp³-hybridized carbons (Fsp3) is 0. The molecule has 3 N–H and O–H groups in total. The molecule has 0 aliphatic heterocycles. The molecular weight excluding hydrogens is 354 g/mol. The molecule has 0 saturated carbocycles. The van der Waals surface area contributed by atoms with Crippen molar-refractivity contribution >= 4 is 37.7 Å². The van der Waals surface area contributed by atoms with E-state index in [4.69, 9.17) is 10.6 Å². The van der Waals surface area contributed by atoms with Crippen LogP contribution in [0.15, 0.2) is 33.7 Å². The van der Waals surface area contributed by atoms with Gasteiger partial charge in [-0.15, -0.1) is 0 Å². The van der Waals surface area contributed by atoms with E-state index in [1.165, 1.54) is 6.33 Å². The number of nitrogens with zero attached hydrogens (tertiary/aromatic N) is 3. The van der Waals surface area contributed by atoms with Crippen LogP contribution in [0, 0.1) is 0 Å². The van der Waals surface area contributed by atoms with Gasteiger partial charge in [-0.05, 0) is 37.9 Å². The van der Waals surface area contributed by atoms with Gasteiger partial charge in [-0.25, -0.2) is 15.8 Å². The van der Waals surface area contributed by atoms with E-state index in [2.05, 4.69) is 52.2 Å². The van der Waals surface area contributed by atoms with Gasteiger partial charge in [0.15, 0.2) is 5.82 Å². The molecule has 0 aliphatic rings. The zero-order valence-electron chi connectivity index (χ0n) is 8.39. The summed E-state index contributed by atoms with van der Waals surface area (Å²) in [6, 6.07) is 1.77. The second kappa shape index (κ2) is 5.39. The first-order valence-corrected chi connectivity index (χ1v) is 6.05. The quantitative estimate of drug-likeness (QED) is 0.646. The Kier molecular flexibility index (Phi) is 3.87. The summed E-state index contributed by atoms with van der Waals surface area (Å²) in [5, 5.41) is 0. The first kappa shape index (κ1) is 12.2. The molecule has 0 atom stereocenters. The van der Waals surface area contributed by atoms with Crippen LogP contribution in [0.4, 0.5) is 5.82 Å². The molecule has 2 heterocycles. The summed E-state index contributed by atoms with van der Waals surface area (Å²) in [5.74, 6) is 6.65. The number of hydrogen-bond donors (Lipinski definition) is 2. The summed E-state index contributed by atoms with van der Waals surface area (Å²) in [6.45, 7) is 0. The second-order valence-electron chi connectivity index (χ2n) is 2.93. The lowest BCUT2D eigenvalue weighted by atomic mass is 10.4. The molecule has 0 fully saturated rings. The van der Waals surface area contributed by atoms with Crippen LogP contribution in [0.5, 0.6) is 11.6 Å². The Bertz CT molecular complexity index is 537. The zero-order valence-corrected chi connectivity index (χ0v) is 11.6. The lowest BCUT2D eigenvalue weighted by molar-refractivity contribution is 0.456.